The standard InChI is InChI=1S/C13H18O3/c1-15-12-4-2-10(3-5-12)8-11-9-16-7-6-13(11)14/h2-5,11,13-14H,6-9H2,1H3/t11-,13-/m1/s1. The van der Waals surface area contributed by atoms with Gasteiger partial charge in [-0.2, -0.15) is 0 Å². The molecule has 16 heavy (non-hydrogen) atoms. The van der Waals surface area contributed by atoms with Gasteiger partial charge in [0.25, 0.3) is 0 Å². The van der Waals surface area contributed by atoms with Gasteiger partial charge >= 0.3 is 0 Å². The zero-order chi connectivity index (χ0) is 11.4. The lowest BCUT2D eigenvalue weighted by molar-refractivity contribution is -0.0350. The first-order valence-electron chi connectivity index (χ1n) is 5.68. The summed E-state index contributed by atoms with van der Waals surface area (Å²) in [5.74, 6) is 1.09. The molecule has 3 heteroatoms. The molecule has 2 rings (SSSR count). The minimum atomic E-state index is -0.226. The van der Waals surface area contributed by atoms with Gasteiger partial charge in [0.05, 0.1) is 19.8 Å². The molecule has 0 saturated carbocycles. The number of aliphatic hydroxyl groups is 1. The average Bonchev–Trinajstić information content (AvgIpc) is 2.33. The molecule has 88 valence electrons. The van der Waals surface area contributed by atoms with Gasteiger partial charge in [-0.25, -0.2) is 0 Å². The number of hydrogen-bond acceptors (Lipinski definition) is 3. The molecule has 2 atom stereocenters. The lowest BCUT2D eigenvalue weighted by Gasteiger charge is -2.27. The molecular weight excluding hydrogens is 204 g/mol. The molecule has 1 aliphatic rings. The zero-order valence-corrected chi connectivity index (χ0v) is 9.56. The van der Waals surface area contributed by atoms with Crippen molar-refractivity contribution >= 4 is 0 Å². The molecule has 0 amide bonds. The molecule has 1 N–H and O–H groups in total. The Morgan fingerprint density at radius 1 is 1.38 bits per heavy atom. The van der Waals surface area contributed by atoms with E-state index in [0.29, 0.717) is 13.2 Å². The van der Waals surface area contributed by atoms with Crippen molar-refractivity contribution in [1.82, 2.24) is 0 Å². The van der Waals surface area contributed by atoms with Crippen LogP contribution in [0.25, 0.3) is 0 Å². The minimum absolute atomic E-state index is 0.224. The molecule has 1 saturated heterocycles. The summed E-state index contributed by atoms with van der Waals surface area (Å²) in [6.07, 6.45) is 1.39. The highest BCUT2D eigenvalue weighted by Gasteiger charge is 2.23. The summed E-state index contributed by atoms with van der Waals surface area (Å²) in [6, 6.07) is 7.98. The van der Waals surface area contributed by atoms with Crippen LogP contribution in [0.3, 0.4) is 0 Å². The molecule has 1 aromatic carbocycles. The van der Waals surface area contributed by atoms with E-state index in [0.717, 1.165) is 18.6 Å². The first-order valence-corrected chi connectivity index (χ1v) is 5.68. The van der Waals surface area contributed by atoms with E-state index >= 15 is 0 Å². The lowest BCUT2D eigenvalue weighted by atomic mass is 9.91. The van der Waals surface area contributed by atoms with Crippen LogP contribution < -0.4 is 4.74 Å². The minimum Gasteiger partial charge on any atom is -0.497 e. The molecule has 1 fully saturated rings. The highest BCUT2D eigenvalue weighted by atomic mass is 16.5. The van der Waals surface area contributed by atoms with Crippen molar-refractivity contribution < 1.29 is 14.6 Å². The second-order valence-electron chi connectivity index (χ2n) is 4.24. The third kappa shape index (κ3) is 2.74. The molecule has 3 nitrogen and oxygen atoms in total. The summed E-state index contributed by atoms with van der Waals surface area (Å²) in [6.45, 7) is 1.34. The van der Waals surface area contributed by atoms with E-state index in [1.165, 1.54) is 5.56 Å². The molecule has 0 radical (unpaired) electrons. The SMILES string of the molecule is COc1ccc(C[C@@H]2COCC[C@H]2O)cc1. The molecule has 0 unspecified atom stereocenters. The van der Waals surface area contributed by atoms with Gasteiger partial charge in [0.1, 0.15) is 5.75 Å². The van der Waals surface area contributed by atoms with Gasteiger partial charge in [-0.1, -0.05) is 12.1 Å². The van der Waals surface area contributed by atoms with Crippen LogP contribution in [-0.4, -0.2) is 31.5 Å². The third-order valence-electron chi connectivity index (χ3n) is 3.09. The Labute approximate surface area is 96.0 Å². The van der Waals surface area contributed by atoms with Crippen LogP contribution in [0, 0.1) is 5.92 Å². The summed E-state index contributed by atoms with van der Waals surface area (Å²) in [5.41, 5.74) is 1.22. The van der Waals surface area contributed by atoms with E-state index in [2.05, 4.69) is 0 Å². The normalized spacial score (nSPS) is 25.4. The first kappa shape index (κ1) is 11.4. The maximum absolute atomic E-state index is 9.83. The summed E-state index contributed by atoms with van der Waals surface area (Å²) in [7, 11) is 1.66. The first-order chi connectivity index (χ1) is 7.79. The van der Waals surface area contributed by atoms with Crippen LogP contribution in [0.5, 0.6) is 5.75 Å². The number of methoxy groups -OCH3 is 1. The fraction of sp³-hybridized carbons (Fsp3) is 0.538. The highest BCUT2D eigenvalue weighted by molar-refractivity contribution is 5.27. The van der Waals surface area contributed by atoms with Crippen LogP contribution in [0.4, 0.5) is 0 Å². The Balaban J connectivity index is 1.96. The van der Waals surface area contributed by atoms with E-state index in [9.17, 15) is 5.11 Å². The van der Waals surface area contributed by atoms with E-state index in [4.69, 9.17) is 9.47 Å². The smallest absolute Gasteiger partial charge is 0.118 e. The Hall–Kier alpha value is -1.06. The Bertz CT molecular complexity index is 320. The van der Waals surface area contributed by atoms with Gasteiger partial charge in [0, 0.05) is 12.5 Å². The van der Waals surface area contributed by atoms with Gasteiger partial charge in [0.2, 0.25) is 0 Å². The summed E-state index contributed by atoms with van der Waals surface area (Å²) in [4.78, 5) is 0. The maximum Gasteiger partial charge on any atom is 0.118 e. The number of hydrogen-bond donors (Lipinski definition) is 1. The molecule has 0 bridgehead atoms. The zero-order valence-electron chi connectivity index (χ0n) is 9.56. The molecule has 1 heterocycles. The summed E-state index contributed by atoms with van der Waals surface area (Å²) >= 11 is 0. The van der Waals surface area contributed by atoms with Gasteiger partial charge in [-0.3, -0.25) is 0 Å². The van der Waals surface area contributed by atoms with E-state index in [1.54, 1.807) is 7.11 Å². The second-order valence-corrected chi connectivity index (χ2v) is 4.24. The Morgan fingerprint density at radius 2 is 2.12 bits per heavy atom. The Morgan fingerprint density at radius 3 is 2.75 bits per heavy atom. The van der Waals surface area contributed by atoms with Crippen molar-refractivity contribution in [3.05, 3.63) is 29.8 Å². The number of benzene rings is 1. The van der Waals surface area contributed by atoms with Crippen molar-refractivity contribution in [2.45, 2.75) is 18.9 Å². The van der Waals surface area contributed by atoms with E-state index < -0.39 is 0 Å². The van der Waals surface area contributed by atoms with Crippen molar-refractivity contribution in [1.29, 1.82) is 0 Å². The fourth-order valence-electron chi connectivity index (χ4n) is 2.04. The largest absolute Gasteiger partial charge is 0.497 e. The van der Waals surface area contributed by atoms with Crippen LogP contribution in [0.1, 0.15) is 12.0 Å². The van der Waals surface area contributed by atoms with Gasteiger partial charge in [-0.05, 0) is 30.5 Å². The third-order valence-corrected chi connectivity index (χ3v) is 3.09. The van der Waals surface area contributed by atoms with Gasteiger partial charge in [-0.15, -0.1) is 0 Å². The van der Waals surface area contributed by atoms with Crippen LogP contribution in [-0.2, 0) is 11.2 Å². The van der Waals surface area contributed by atoms with Crippen molar-refractivity contribution in [2.24, 2.45) is 5.92 Å². The summed E-state index contributed by atoms with van der Waals surface area (Å²) < 4.78 is 10.5. The van der Waals surface area contributed by atoms with E-state index in [-0.39, 0.29) is 12.0 Å². The van der Waals surface area contributed by atoms with Crippen LogP contribution in [0.2, 0.25) is 0 Å². The molecule has 1 aromatic rings. The summed E-state index contributed by atoms with van der Waals surface area (Å²) in [5, 5.41) is 9.83. The molecule has 1 aliphatic heterocycles. The predicted molar refractivity (Wildman–Crippen MR) is 61.6 cm³/mol. The van der Waals surface area contributed by atoms with Gasteiger partial charge < -0.3 is 14.6 Å². The Kier molecular flexibility index (Phi) is 3.80. The highest BCUT2D eigenvalue weighted by Crippen LogP contribution is 2.21. The average molecular weight is 222 g/mol. The van der Waals surface area contributed by atoms with Crippen LogP contribution >= 0.6 is 0 Å². The molecule has 0 spiro atoms. The lowest BCUT2D eigenvalue weighted by Crippen LogP contribution is -2.33. The van der Waals surface area contributed by atoms with Gasteiger partial charge in [0.15, 0.2) is 0 Å². The molecule has 0 aliphatic carbocycles. The van der Waals surface area contributed by atoms with Crippen molar-refractivity contribution in [3.8, 4) is 5.75 Å². The number of ether oxygens (including phenoxy) is 2. The topological polar surface area (TPSA) is 38.7 Å². The monoisotopic (exact) mass is 222 g/mol. The van der Waals surface area contributed by atoms with Crippen LogP contribution in [0.15, 0.2) is 24.3 Å². The quantitative estimate of drug-likeness (QED) is 0.845. The number of rotatable bonds is 3. The predicted octanol–water partition coefficient (Wildman–Crippen LogP) is 1.64. The van der Waals surface area contributed by atoms with Crippen molar-refractivity contribution in [2.75, 3.05) is 20.3 Å². The molecule has 0 aromatic heterocycles. The maximum atomic E-state index is 9.83. The van der Waals surface area contributed by atoms with Crippen molar-refractivity contribution in [3.63, 3.8) is 0 Å². The molecular formula is C13H18O3. The fourth-order valence-corrected chi connectivity index (χ4v) is 2.04. The number of aliphatic hydroxyl groups excluding tert-OH is 1. The second kappa shape index (κ2) is 5.32. The van der Waals surface area contributed by atoms with E-state index in [1.807, 2.05) is 24.3 Å².